The lowest BCUT2D eigenvalue weighted by Gasteiger charge is -2.18. The Hall–Kier alpha value is -0.680. The van der Waals surface area contributed by atoms with E-state index in [9.17, 15) is 9.90 Å². The number of nitrogens with zero attached hydrogens (tertiary/aromatic N) is 1. The quantitative estimate of drug-likeness (QED) is 0.824. The number of benzene rings is 1. The number of rotatable bonds is 2. The van der Waals surface area contributed by atoms with Gasteiger partial charge in [0.2, 0.25) is 5.91 Å². The van der Waals surface area contributed by atoms with Gasteiger partial charge in [0.1, 0.15) is 5.75 Å². The van der Waals surface area contributed by atoms with Gasteiger partial charge in [-0.05, 0) is 29.9 Å². The van der Waals surface area contributed by atoms with E-state index in [2.05, 4.69) is 28.6 Å². The average Bonchev–Trinajstić information content (AvgIpc) is 2.63. The largest absolute Gasteiger partial charge is 0.506 e. The molecule has 3 nitrogen and oxygen atoms in total. The van der Waals surface area contributed by atoms with Gasteiger partial charge in [-0.2, -0.15) is 12.6 Å². The van der Waals surface area contributed by atoms with Crippen LogP contribution < -0.4 is 4.90 Å². The van der Waals surface area contributed by atoms with Gasteiger partial charge in [-0.1, -0.05) is 15.9 Å². The number of carbonyl (C=O) groups is 1. The van der Waals surface area contributed by atoms with Gasteiger partial charge in [0.05, 0.1) is 5.69 Å². The third-order valence-corrected chi connectivity index (χ3v) is 3.70. The van der Waals surface area contributed by atoms with Crippen molar-refractivity contribution in [3.8, 4) is 5.75 Å². The Morgan fingerprint density at radius 2 is 2.31 bits per heavy atom. The van der Waals surface area contributed by atoms with E-state index in [1.165, 1.54) is 0 Å². The molecule has 1 heterocycles. The molecule has 0 aromatic heterocycles. The molecule has 1 N–H and O–H groups in total. The van der Waals surface area contributed by atoms with Crippen molar-refractivity contribution < 1.29 is 9.90 Å². The number of hydrogen-bond acceptors (Lipinski definition) is 3. The summed E-state index contributed by atoms with van der Waals surface area (Å²) >= 11 is 7.54. The topological polar surface area (TPSA) is 40.5 Å². The van der Waals surface area contributed by atoms with E-state index in [1.807, 2.05) is 0 Å². The van der Waals surface area contributed by atoms with E-state index in [1.54, 1.807) is 23.1 Å². The van der Waals surface area contributed by atoms with Crippen LogP contribution in [0.3, 0.4) is 0 Å². The Labute approximate surface area is 108 Å². The number of amides is 1. The van der Waals surface area contributed by atoms with E-state index in [4.69, 9.17) is 0 Å². The van der Waals surface area contributed by atoms with Crippen molar-refractivity contribution in [3.63, 3.8) is 0 Å². The molecule has 0 spiro atoms. The predicted octanol–water partition coefficient (Wildman–Crippen LogP) is 2.44. The summed E-state index contributed by atoms with van der Waals surface area (Å²) in [5, 5.41) is 9.74. The van der Waals surface area contributed by atoms with Crippen LogP contribution in [-0.2, 0) is 4.79 Å². The lowest BCUT2D eigenvalue weighted by Crippen LogP contribution is -2.24. The van der Waals surface area contributed by atoms with Gasteiger partial charge in [0.15, 0.2) is 0 Å². The van der Waals surface area contributed by atoms with Crippen LogP contribution in [0.1, 0.15) is 6.42 Å². The molecule has 86 valence electrons. The second kappa shape index (κ2) is 4.67. The van der Waals surface area contributed by atoms with E-state index in [0.717, 1.165) is 4.47 Å². The number of carbonyl (C=O) groups excluding carboxylic acids is 1. The Kier molecular flexibility index (Phi) is 3.44. The summed E-state index contributed by atoms with van der Waals surface area (Å²) in [5.41, 5.74) is 0.573. The van der Waals surface area contributed by atoms with E-state index >= 15 is 0 Å². The lowest BCUT2D eigenvalue weighted by atomic mass is 10.1. The maximum Gasteiger partial charge on any atom is 0.227 e. The second-order valence-corrected chi connectivity index (χ2v) is 5.17. The molecule has 0 aliphatic carbocycles. The summed E-state index contributed by atoms with van der Waals surface area (Å²) in [6.45, 7) is 0.631. The van der Waals surface area contributed by atoms with Crippen molar-refractivity contribution in [2.45, 2.75) is 6.42 Å². The second-order valence-electron chi connectivity index (χ2n) is 3.89. The number of hydrogen-bond donors (Lipinski definition) is 2. The van der Waals surface area contributed by atoms with Gasteiger partial charge in [-0.25, -0.2) is 0 Å². The van der Waals surface area contributed by atoms with E-state index < -0.39 is 0 Å². The third kappa shape index (κ3) is 2.20. The monoisotopic (exact) mass is 301 g/mol. The number of aromatic hydroxyl groups is 1. The molecule has 1 amide bonds. The van der Waals surface area contributed by atoms with Crippen LogP contribution in [0.5, 0.6) is 5.75 Å². The molecule has 1 atom stereocenters. The summed E-state index contributed by atoms with van der Waals surface area (Å²) in [7, 11) is 0. The summed E-state index contributed by atoms with van der Waals surface area (Å²) in [5.74, 6) is 1.15. The van der Waals surface area contributed by atoms with E-state index in [-0.39, 0.29) is 17.6 Å². The fourth-order valence-corrected chi connectivity index (χ4v) is 2.44. The molecule has 0 radical (unpaired) electrons. The molecule has 1 aromatic carbocycles. The minimum atomic E-state index is 0.0486. The summed E-state index contributed by atoms with van der Waals surface area (Å²) in [4.78, 5) is 13.4. The first-order chi connectivity index (χ1) is 7.61. The van der Waals surface area contributed by atoms with Crippen molar-refractivity contribution in [1.82, 2.24) is 0 Å². The molecule has 1 fully saturated rings. The van der Waals surface area contributed by atoms with Crippen molar-refractivity contribution in [1.29, 1.82) is 0 Å². The molecule has 0 saturated carbocycles. The van der Waals surface area contributed by atoms with E-state index in [0.29, 0.717) is 24.4 Å². The highest BCUT2D eigenvalue weighted by Gasteiger charge is 2.31. The van der Waals surface area contributed by atoms with Gasteiger partial charge in [-0.3, -0.25) is 4.79 Å². The maximum absolute atomic E-state index is 11.8. The fraction of sp³-hybridized carbons (Fsp3) is 0.364. The minimum Gasteiger partial charge on any atom is -0.506 e. The van der Waals surface area contributed by atoms with Crippen LogP contribution in [0.25, 0.3) is 0 Å². The SMILES string of the molecule is O=C1CC(CS)CN1c1cc(Br)ccc1O. The Morgan fingerprint density at radius 3 is 2.94 bits per heavy atom. The Balaban J connectivity index is 2.30. The van der Waals surface area contributed by atoms with Crippen LogP contribution in [0.4, 0.5) is 5.69 Å². The van der Waals surface area contributed by atoms with Gasteiger partial charge in [0, 0.05) is 17.4 Å². The molecule has 16 heavy (non-hydrogen) atoms. The number of anilines is 1. The molecule has 1 unspecified atom stereocenters. The first kappa shape index (κ1) is 11.8. The van der Waals surface area contributed by atoms with Gasteiger partial charge >= 0.3 is 0 Å². The van der Waals surface area contributed by atoms with Gasteiger partial charge in [0.25, 0.3) is 0 Å². The van der Waals surface area contributed by atoms with Crippen LogP contribution in [0.2, 0.25) is 0 Å². The predicted molar refractivity (Wildman–Crippen MR) is 70.1 cm³/mol. The van der Waals surface area contributed by atoms with Crippen LogP contribution in [0, 0.1) is 5.92 Å². The average molecular weight is 302 g/mol. The Morgan fingerprint density at radius 1 is 1.56 bits per heavy atom. The van der Waals surface area contributed by atoms with Gasteiger partial charge in [-0.15, -0.1) is 0 Å². The zero-order valence-electron chi connectivity index (χ0n) is 8.56. The summed E-state index contributed by atoms with van der Waals surface area (Å²) < 4.78 is 0.849. The van der Waals surface area contributed by atoms with Crippen molar-refractivity contribution in [3.05, 3.63) is 22.7 Å². The van der Waals surface area contributed by atoms with Crippen LogP contribution in [-0.4, -0.2) is 23.3 Å². The van der Waals surface area contributed by atoms with Crippen molar-refractivity contribution in [2.24, 2.45) is 5.92 Å². The number of phenolic OH excluding ortho intramolecular Hbond substituents is 1. The molecular formula is C11H12BrNO2S. The molecule has 1 aliphatic rings. The molecular weight excluding hydrogens is 290 g/mol. The first-order valence-electron chi connectivity index (χ1n) is 5.01. The standard InChI is InChI=1S/C11H12BrNO2S/c12-8-1-2-10(14)9(4-8)13-5-7(6-16)3-11(13)15/h1-2,4,7,14,16H,3,5-6H2. The van der Waals surface area contributed by atoms with Gasteiger partial charge < -0.3 is 10.0 Å². The highest BCUT2D eigenvalue weighted by atomic mass is 79.9. The summed E-state index contributed by atoms with van der Waals surface area (Å²) in [6, 6.07) is 5.09. The molecule has 0 bridgehead atoms. The van der Waals surface area contributed by atoms with Crippen LogP contribution >= 0.6 is 28.6 Å². The van der Waals surface area contributed by atoms with Crippen molar-refractivity contribution >= 4 is 40.2 Å². The molecule has 5 heteroatoms. The minimum absolute atomic E-state index is 0.0486. The number of phenols is 1. The highest BCUT2D eigenvalue weighted by Crippen LogP contribution is 2.34. The third-order valence-electron chi connectivity index (χ3n) is 2.69. The number of thiol groups is 1. The maximum atomic E-state index is 11.8. The highest BCUT2D eigenvalue weighted by molar-refractivity contribution is 9.10. The molecule has 1 saturated heterocycles. The van der Waals surface area contributed by atoms with Crippen LogP contribution in [0.15, 0.2) is 22.7 Å². The molecule has 1 aliphatic heterocycles. The Bertz CT molecular complexity index is 424. The zero-order valence-corrected chi connectivity index (χ0v) is 11.0. The molecule has 2 rings (SSSR count). The zero-order chi connectivity index (χ0) is 11.7. The number of halogens is 1. The first-order valence-corrected chi connectivity index (χ1v) is 6.44. The molecule has 1 aromatic rings. The fourth-order valence-electron chi connectivity index (χ4n) is 1.85. The van der Waals surface area contributed by atoms with Crippen molar-refractivity contribution in [2.75, 3.05) is 17.2 Å². The smallest absolute Gasteiger partial charge is 0.227 e. The summed E-state index contributed by atoms with van der Waals surface area (Å²) in [6.07, 6.45) is 0.509. The normalized spacial score (nSPS) is 20.5. The lowest BCUT2D eigenvalue weighted by molar-refractivity contribution is -0.117.